The minimum atomic E-state index is -0.0341. The Morgan fingerprint density at radius 2 is 2.15 bits per heavy atom. The first-order chi connectivity index (χ1) is 9.70. The molecular weight excluding hydrogens is 276 g/mol. The molecule has 2 amide bonds. The van der Waals surface area contributed by atoms with E-state index in [1.54, 1.807) is 19.2 Å². The predicted octanol–water partition coefficient (Wildman–Crippen LogP) is 3.76. The van der Waals surface area contributed by atoms with Gasteiger partial charge in [-0.15, -0.1) is 0 Å². The summed E-state index contributed by atoms with van der Waals surface area (Å²) in [6.45, 7) is 1.50. The number of urea groups is 1. The van der Waals surface area contributed by atoms with Gasteiger partial charge < -0.3 is 15.0 Å². The van der Waals surface area contributed by atoms with Gasteiger partial charge in [0, 0.05) is 37.0 Å². The molecule has 1 saturated heterocycles. The molecule has 0 aliphatic carbocycles. The van der Waals surface area contributed by atoms with E-state index >= 15 is 0 Å². The topological polar surface area (TPSA) is 41.6 Å². The maximum Gasteiger partial charge on any atom is 0.322 e. The highest BCUT2D eigenvalue weighted by Crippen LogP contribution is 2.21. The number of carbonyl (C=O) groups excluding carboxylic acids is 1. The van der Waals surface area contributed by atoms with Crippen molar-refractivity contribution in [2.45, 2.75) is 31.7 Å². The van der Waals surface area contributed by atoms with E-state index in [0.717, 1.165) is 31.5 Å². The number of ether oxygens (including phenoxy) is 1. The summed E-state index contributed by atoms with van der Waals surface area (Å²) in [5.41, 5.74) is 0.774. The maximum absolute atomic E-state index is 12.4. The molecule has 1 N–H and O–H groups in total. The molecular formula is C15H21ClN2O2. The summed E-state index contributed by atoms with van der Waals surface area (Å²) < 4.78 is 5.13. The van der Waals surface area contributed by atoms with Gasteiger partial charge in [0.1, 0.15) is 0 Å². The third kappa shape index (κ3) is 4.12. The number of benzene rings is 1. The monoisotopic (exact) mass is 296 g/mol. The van der Waals surface area contributed by atoms with Crippen LogP contribution in [0.4, 0.5) is 10.5 Å². The van der Waals surface area contributed by atoms with Crippen molar-refractivity contribution in [3.63, 3.8) is 0 Å². The SMILES string of the molecule is COCCC1CCCCN1C(=O)Nc1ccc(Cl)cc1. The molecule has 0 spiro atoms. The van der Waals surface area contributed by atoms with Crippen molar-refractivity contribution in [2.24, 2.45) is 0 Å². The first-order valence-corrected chi connectivity index (χ1v) is 7.40. The van der Waals surface area contributed by atoms with E-state index in [1.807, 2.05) is 17.0 Å². The van der Waals surface area contributed by atoms with Crippen molar-refractivity contribution in [1.29, 1.82) is 0 Å². The van der Waals surface area contributed by atoms with Crippen LogP contribution in [0.25, 0.3) is 0 Å². The molecule has 4 nitrogen and oxygen atoms in total. The molecule has 0 saturated carbocycles. The summed E-state index contributed by atoms with van der Waals surface area (Å²) in [5, 5.41) is 3.60. The zero-order valence-corrected chi connectivity index (χ0v) is 12.5. The molecule has 1 fully saturated rings. The van der Waals surface area contributed by atoms with Crippen LogP contribution in [-0.4, -0.2) is 37.2 Å². The number of nitrogens with zero attached hydrogens (tertiary/aromatic N) is 1. The summed E-state index contributed by atoms with van der Waals surface area (Å²) in [6, 6.07) is 7.41. The Morgan fingerprint density at radius 1 is 1.40 bits per heavy atom. The molecule has 1 atom stereocenters. The molecule has 110 valence electrons. The van der Waals surface area contributed by atoms with Crippen molar-refractivity contribution in [1.82, 2.24) is 4.90 Å². The van der Waals surface area contributed by atoms with Crippen LogP contribution in [0.1, 0.15) is 25.7 Å². The number of halogens is 1. The average Bonchev–Trinajstić information content (AvgIpc) is 2.47. The van der Waals surface area contributed by atoms with E-state index in [0.29, 0.717) is 11.6 Å². The quantitative estimate of drug-likeness (QED) is 0.919. The number of rotatable bonds is 4. The first-order valence-electron chi connectivity index (χ1n) is 7.03. The lowest BCUT2D eigenvalue weighted by Gasteiger charge is -2.35. The van der Waals surface area contributed by atoms with E-state index in [1.165, 1.54) is 6.42 Å². The van der Waals surface area contributed by atoms with Gasteiger partial charge in [-0.2, -0.15) is 0 Å². The van der Waals surface area contributed by atoms with Gasteiger partial charge in [-0.1, -0.05) is 11.6 Å². The number of methoxy groups -OCH3 is 1. The Kier molecular flexibility index (Phi) is 5.68. The molecule has 1 unspecified atom stereocenters. The molecule has 0 aromatic heterocycles. The zero-order valence-electron chi connectivity index (χ0n) is 11.8. The smallest absolute Gasteiger partial charge is 0.322 e. The van der Waals surface area contributed by atoms with Gasteiger partial charge in [-0.3, -0.25) is 0 Å². The summed E-state index contributed by atoms with van der Waals surface area (Å²) in [4.78, 5) is 14.3. The number of anilines is 1. The number of hydrogen-bond acceptors (Lipinski definition) is 2. The largest absolute Gasteiger partial charge is 0.385 e. The Balaban J connectivity index is 1.96. The molecule has 2 rings (SSSR count). The molecule has 20 heavy (non-hydrogen) atoms. The third-order valence-electron chi connectivity index (χ3n) is 3.64. The van der Waals surface area contributed by atoms with E-state index < -0.39 is 0 Å². The van der Waals surface area contributed by atoms with Gasteiger partial charge in [0.2, 0.25) is 0 Å². The van der Waals surface area contributed by atoms with Crippen LogP contribution >= 0.6 is 11.6 Å². The normalized spacial score (nSPS) is 18.9. The lowest BCUT2D eigenvalue weighted by atomic mass is 10.00. The lowest BCUT2D eigenvalue weighted by Crippen LogP contribution is -2.46. The molecule has 0 radical (unpaired) electrons. The number of amides is 2. The van der Waals surface area contributed by atoms with E-state index in [-0.39, 0.29) is 12.1 Å². The second kappa shape index (κ2) is 7.50. The molecule has 0 bridgehead atoms. The van der Waals surface area contributed by atoms with Crippen LogP contribution in [0, 0.1) is 0 Å². The third-order valence-corrected chi connectivity index (χ3v) is 3.89. The summed E-state index contributed by atoms with van der Waals surface area (Å²) >= 11 is 5.84. The van der Waals surface area contributed by atoms with Crippen LogP contribution < -0.4 is 5.32 Å². The van der Waals surface area contributed by atoms with Crippen molar-refractivity contribution in [3.05, 3.63) is 29.3 Å². The van der Waals surface area contributed by atoms with Crippen molar-refractivity contribution in [3.8, 4) is 0 Å². The predicted molar refractivity (Wildman–Crippen MR) is 81.3 cm³/mol. The highest BCUT2D eigenvalue weighted by atomic mass is 35.5. The lowest BCUT2D eigenvalue weighted by molar-refractivity contribution is 0.123. The Bertz CT molecular complexity index is 436. The van der Waals surface area contributed by atoms with Crippen LogP contribution in [0.15, 0.2) is 24.3 Å². The van der Waals surface area contributed by atoms with Crippen LogP contribution in [0.5, 0.6) is 0 Å². The van der Waals surface area contributed by atoms with E-state index in [9.17, 15) is 4.79 Å². The van der Waals surface area contributed by atoms with E-state index in [2.05, 4.69) is 5.32 Å². The van der Waals surface area contributed by atoms with Gasteiger partial charge in [0.25, 0.3) is 0 Å². The minimum absolute atomic E-state index is 0.0341. The molecule has 1 aliphatic rings. The highest BCUT2D eigenvalue weighted by molar-refractivity contribution is 6.30. The highest BCUT2D eigenvalue weighted by Gasteiger charge is 2.26. The standard InChI is InChI=1S/C15H21ClN2O2/c1-20-11-9-14-4-2-3-10-18(14)15(19)17-13-7-5-12(16)6-8-13/h5-8,14H,2-4,9-11H2,1H3,(H,17,19). The fourth-order valence-corrected chi connectivity index (χ4v) is 2.68. The Labute approximate surface area is 125 Å². The van der Waals surface area contributed by atoms with Gasteiger partial charge >= 0.3 is 6.03 Å². The number of piperidine rings is 1. The fraction of sp³-hybridized carbons (Fsp3) is 0.533. The van der Waals surface area contributed by atoms with Crippen LogP contribution in [-0.2, 0) is 4.74 Å². The van der Waals surface area contributed by atoms with Gasteiger partial charge in [-0.25, -0.2) is 4.79 Å². The summed E-state index contributed by atoms with van der Waals surface area (Å²) in [5.74, 6) is 0. The van der Waals surface area contributed by atoms with Crippen molar-refractivity contribution >= 4 is 23.3 Å². The second-order valence-electron chi connectivity index (χ2n) is 5.06. The first kappa shape index (κ1) is 15.1. The number of hydrogen-bond donors (Lipinski definition) is 1. The Hall–Kier alpha value is -1.26. The maximum atomic E-state index is 12.4. The van der Waals surface area contributed by atoms with Crippen LogP contribution in [0.3, 0.4) is 0 Å². The van der Waals surface area contributed by atoms with Gasteiger partial charge in [0.15, 0.2) is 0 Å². The van der Waals surface area contributed by atoms with Crippen molar-refractivity contribution in [2.75, 3.05) is 25.6 Å². The summed E-state index contributed by atoms with van der Waals surface area (Å²) in [7, 11) is 1.70. The molecule has 1 aromatic rings. The number of nitrogens with one attached hydrogen (secondary N) is 1. The van der Waals surface area contributed by atoms with Crippen molar-refractivity contribution < 1.29 is 9.53 Å². The zero-order chi connectivity index (χ0) is 14.4. The van der Waals surface area contributed by atoms with Gasteiger partial charge in [-0.05, 0) is 49.9 Å². The molecule has 1 aliphatic heterocycles. The fourth-order valence-electron chi connectivity index (χ4n) is 2.55. The van der Waals surface area contributed by atoms with Gasteiger partial charge in [0.05, 0.1) is 0 Å². The molecule has 1 aromatic carbocycles. The van der Waals surface area contributed by atoms with E-state index in [4.69, 9.17) is 16.3 Å². The Morgan fingerprint density at radius 3 is 2.85 bits per heavy atom. The molecule has 1 heterocycles. The number of likely N-dealkylation sites (tertiary alicyclic amines) is 1. The molecule has 5 heteroatoms. The summed E-state index contributed by atoms with van der Waals surface area (Å²) in [6.07, 6.45) is 4.19. The minimum Gasteiger partial charge on any atom is -0.385 e. The number of carbonyl (C=O) groups is 1. The van der Waals surface area contributed by atoms with Crippen LogP contribution in [0.2, 0.25) is 5.02 Å². The second-order valence-corrected chi connectivity index (χ2v) is 5.50. The average molecular weight is 297 g/mol.